The molecule has 0 aliphatic carbocycles. The fourth-order valence-corrected chi connectivity index (χ4v) is 6.22. The number of aryl methyl sites for hydroxylation is 1. The molecule has 0 saturated carbocycles. The van der Waals surface area contributed by atoms with E-state index in [1.807, 2.05) is 104 Å². The van der Waals surface area contributed by atoms with Gasteiger partial charge in [-0.15, -0.1) is 5.10 Å². The third kappa shape index (κ3) is 5.44. The average molecular weight is 592 g/mol. The normalized spacial score (nSPS) is 19.9. The van der Waals surface area contributed by atoms with Crippen LogP contribution in [0.2, 0.25) is 0 Å². The van der Waals surface area contributed by atoms with Gasteiger partial charge in [0.1, 0.15) is 0 Å². The van der Waals surface area contributed by atoms with Gasteiger partial charge in [0.15, 0.2) is 5.60 Å². The van der Waals surface area contributed by atoms with Crippen molar-refractivity contribution in [2.45, 2.75) is 50.7 Å². The molecule has 2 aliphatic heterocycles. The third-order valence-corrected chi connectivity index (χ3v) is 8.72. The first-order valence-electron chi connectivity index (χ1n) is 15.2. The zero-order valence-corrected chi connectivity index (χ0v) is 24.8. The van der Waals surface area contributed by atoms with Crippen molar-refractivity contribution in [2.24, 2.45) is 5.92 Å². The van der Waals surface area contributed by atoms with Gasteiger partial charge in [-0.1, -0.05) is 72.8 Å². The molecular weight excluding hydrogens is 554 g/mol. The highest BCUT2D eigenvalue weighted by Crippen LogP contribution is 2.49. The maximum absolute atomic E-state index is 14.1. The summed E-state index contributed by atoms with van der Waals surface area (Å²) in [5, 5.41) is 30.7. The number of piperidine rings is 1. The molecule has 1 unspecified atom stereocenters. The Morgan fingerprint density at radius 1 is 0.977 bits per heavy atom. The zero-order chi connectivity index (χ0) is 30.7. The van der Waals surface area contributed by atoms with E-state index in [4.69, 9.17) is 0 Å². The maximum Gasteiger partial charge on any atom is 0.268 e. The number of para-hydroxylation sites is 1. The van der Waals surface area contributed by atoms with E-state index in [9.17, 15) is 19.8 Å². The van der Waals surface area contributed by atoms with Crippen LogP contribution >= 0.6 is 0 Å². The van der Waals surface area contributed by atoms with Crippen LogP contribution in [0.1, 0.15) is 55.3 Å². The SMILES string of the molecule is C[C@@H](/C=C/CCn1cc(C(CO)c2ccccc2)nn1)[C@]1(O)C(=O)N(c2ccccc2)c2ccc(N3CCCCC3=O)cc21. The van der Waals surface area contributed by atoms with Gasteiger partial charge in [0, 0.05) is 48.6 Å². The van der Waals surface area contributed by atoms with E-state index in [0.29, 0.717) is 54.3 Å². The number of rotatable bonds is 10. The lowest BCUT2D eigenvalue weighted by atomic mass is 9.82. The molecule has 0 bridgehead atoms. The number of benzene rings is 3. The minimum absolute atomic E-state index is 0.0577. The van der Waals surface area contributed by atoms with E-state index in [1.54, 1.807) is 14.5 Å². The lowest BCUT2D eigenvalue weighted by Gasteiger charge is -2.30. The second-order valence-electron chi connectivity index (χ2n) is 11.5. The third-order valence-electron chi connectivity index (χ3n) is 8.72. The van der Waals surface area contributed by atoms with Gasteiger partial charge in [-0.05, 0) is 55.2 Å². The monoisotopic (exact) mass is 591 g/mol. The van der Waals surface area contributed by atoms with Gasteiger partial charge in [-0.2, -0.15) is 0 Å². The van der Waals surface area contributed by atoms with Gasteiger partial charge < -0.3 is 15.1 Å². The van der Waals surface area contributed by atoms with E-state index >= 15 is 0 Å². The first kappa shape index (κ1) is 29.5. The number of aromatic nitrogens is 3. The molecule has 1 aromatic heterocycles. The number of nitrogens with zero attached hydrogens (tertiary/aromatic N) is 5. The quantitative estimate of drug-likeness (QED) is 0.249. The Morgan fingerprint density at radius 3 is 2.45 bits per heavy atom. The first-order chi connectivity index (χ1) is 21.4. The van der Waals surface area contributed by atoms with Gasteiger partial charge in [0.05, 0.1) is 23.9 Å². The summed E-state index contributed by atoms with van der Waals surface area (Å²) in [6.07, 6.45) is 8.54. The Bertz CT molecular complexity index is 1650. The molecule has 1 fully saturated rings. The molecule has 9 nitrogen and oxygen atoms in total. The highest BCUT2D eigenvalue weighted by molar-refractivity contribution is 6.12. The number of aliphatic hydroxyl groups excluding tert-OH is 1. The molecular formula is C35H37N5O4. The number of hydrogen-bond acceptors (Lipinski definition) is 6. The lowest BCUT2D eigenvalue weighted by Crippen LogP contribution is -2.43. The van der Waals surface area contributed by atoms with Crippen molar-refractivity contribution in [3.63, 3.8) is 0 Å². The second-order valence-corrected chi connectivity index (χ2v) is 11.5. The molecule has 2 aliphatic rings. The highest BCUT2D eigenvalue weighted by Gasteiger charge is 2.53. The standard InChI is InChI=1S/C35H37N5O4/c1-25(12-8-10-20-38-23-31(36-37-38)29(24-41)26-13-4-2-5-14-26)35(44)30-22-28(39-21-11-9-17-33(39)42)18-19-32(30)40(34(35)43)27-15-6-3-7-16-27/h2-8,12-16,18-19,22-23,25,29,41,44H,9-11,17,20-21,24H2,1H3/b12-8+/t25-,29?,35+/m0/s1. The molecule has 0 radical (unpaired) electrons. The van der Waals surface area contributed by atoms with Crippen molar-refractivity contribution in [2.75, 3.05) is 23.0 Å². The van der Waals surface area contributed by atoms with Gasteiger partial charge in [-0.25, -0.2) is 0 Å². The summed E-state index contributed by atoms with van der Waals surface area (Å²) in [5.74, 6) is -1.17. The Morgan fingerprint density at radius 2 is 1.73 bits per heavy atom. The molecule has 1 saturated heterocycles. The van der Waals surface area contributed by atoms with Crippen molar-refractivity contribution in [3.8, 4) is 0 Å². The lowest BCUT2D eigenvalue weighted by molar-refractivity contribution is -0.138. The molecule has 6 rings (SSSR count). The number of carbonyl (C=O) groups is 2. The molecule has 2 amide bonds. The first-order valence-corrected chi connectivity index (χ1v) is 15.2. The van der Waals surface area contributed by atoms with Crippen LogP contribution in [-0.4, -0.2) is 50.2 Å². The topological polar surface area (TPSA) is 112 Å². The van der Waals surface area contributed by atoms with Crippen LogP contribution in [0.3, 0.4) is 0 Å². The molecule has 9 heteroatoms. The molecule has 226 valence electrons. The van der Waals surface area contributed by atoms with Crippen molar-refractivity contribution in [3.05, 3.63) is 114 Å². The molecule has 44 heavy (non-hydrogen) atoms. The maximum atomic E-state index is 14.1. The number of fused-ring (bicyclic) bond motifs is 1. The summed E-state index contributed by atoms with van der Waals surface area (Å²) >= 11 is 0. The van der Waals surface area contributed by atoms with E-state index in [2.05, 4.69) is 10.3 Å². The minimum Gasteiger partial charge on any atom is -0.395 e. The number of aliphatic hydroxyl groups is 2. The van der Waals surface area contributed by atoms with Crippen molar-refractivity contribution in [1.82, 2.24) is 15.0 Å². The molecule has 0 spiro atoms. The summed E-state index contributed by atoms with van der Waals surface area (Å²) < 4.78 is 1.74. The van der Waals surface area contributed by atoms with Crippen LogP contribution in [0.25, 0.3) is 0 Å². The zero-order valence-electron chi connectivity index (χ0n) is 24.8. The molecule has 3 heterocycles. The van der Waals surface area contributed by atoms with Crippen LogP contribution in [-0.2, 0) is 21.7 Å². The van der Waals surface area contributed by atoms with Crippen molar-refractivity contribution in [1.29, 1.82) is 0 Å². The van der Waals surface area contributed by atoms with Gasteiger partial charge in [0.2, 0.25) is 5.91 Å². The second kappa shape index (κ2) is 12.6. The number of anilines is 3. The van der Waals surface area contributed by atoms with Gasteiger partial charge in [0.25, 0.3) is 5.91 Å². The van der Waals surface area contributed by atoms with E-state index in [-0.39, 0.29) is 18.4 Å². The van der Waals surface area contributed by atoms with Crippen LogP contribution < -0.4 is 9.80 Å². The Balaban J connectivity index is 1.22. The molecule has 3 aromatic carbocycles. The highest BCUT2D eigenvalue weighted by atomic mass is 16.3. The van der Waals surface area contributed by atoms with Crippen LogP contribution in [0.4, 0.5) is 17.1 Å². The summed E-state index contributed by atoms with van der Waals surface area (Å²) in [6, 6.07) is 24.5. The van der Waals surface area contributed by atoms with E-state index < -0.39 is 17.4 Å². The molecule has 2 N–H and O–H groups in total. The summed E-state index contributed by atoms with van der Waals surface area (Å²) in [6.45, 7) is 2.94. The number of allylic oxidation sites excluding steroid dienone is 1. The Labute approximate surface area is 257 Å². The van der Waals surface area contributed by atoms with Crippen molar-refractivity contribution < 1.29 is 19.8 Å². The number of carbonyl (C=O) groups excluding carboxylic acids is 2. The predicted octanol–water partition coefficient (Wildman–Crippen LogP) is 5.07. The molecule has 4 aromatic rings. The van der Waals surface area contributed by atoms with Crippen LogP contribution in [0.5, 0.6) is 0 Å². The summed E-state index contributed by atoms with van der Waals surface area (Å²) in [4.78, 5) is 30.1. The Hall–Kier alpha value is -4.60. The Kier molecular flexibility index (Phi) is 8.41. The fraction of sp³-hybridized carbons (Fsp3) is 0.314. The predicted molar refractivity (Wildman–Crippen MR) is 168 cm³/mol. The van der Waals surface area contributed by atoms with Crippen LogP contribution in [0, 0.1) is 5.92 Å². The summed E-state index contributed by atoms with van der Waals surface area (Å²) in [5.41, 5.74) is 2.34. The molecule has 3 atom stereocenters. The van der Waals surface area contributed by atoms with Crippen LogP contribution in [0.15, 0.2) is 97.2 Å². The minimum atomic E-state index is -1.82. The number of hydrogen-bond donors (Lipinski definition) is 2. The summed E-state index contributed by atoms with van der Waals surface area (Å²) in [7, 11) is 0. The average Bonchev–Trinajstić information content (AvgIpc) is 3.61. The van der Waals surface area contributed by atoms with Gasteiger partial charge in [-0.3, -0.25) is 19.2 Å². The largest absolute Gasteiger partial charge is 0.395 e. The van der Waals surface area contributed by atoms with Crippen molar-refractivity contribution >= 4 is 28.9 Å². The fourth-order valence-electron chi connectivity index (χ4n) is 6.22. The van der Waals surface area contributed by atoms with Gasteiger partial charge >= 0.3 is 0 Å². The van der Waals surface area contributed by atoms with E-state index in [0.717, 1.165) is 18.4 Å². The number of amides is 2. The smallest absolute Gasteiger partial charge is 0.268 e. The van der Waals surface area contributed by atoms with E-state index in [1.165, 1.54) is 0 Å².